The first-order valence-electron chi connectivity index (χ1n) is 9.22. The van der Waals surface area contributed by atoms with E-state index in [1.165, 1.54) is 11.1 Å². The Labute approximate surface area is 159 Å². The number of aromatic amines is 1. The molecule has 0 saturated heterocycles. The number of H-pyrrole nitrogens is 1. The predicted octanol–water partition coefficient (Wildman–Crippen LogP) is 4.66. The third-order valence-electron chi connectivity index (χ3n) is 4.74. The summed E-state index contributed by atoms with van der Waals surface area (Å²) in [5.41, 5.74) is 4.25. The molecular formula is C23H27NO3. The number of fused-ring (bicyclic) bond motifs is 1. The molecule has 4 heteroatoms. The number of aliphatic hydroxyl groups excluding tert-OH is 1. The minimum atomic E-state index is -0.626. The van der Waals surface area contributed by atoms with E-state index < -0.39 is 11.7 Å². The summed E-state index contributed by atoms with van der Waals surface area (Å²) in [5, 5.41) is 11.5. The largest absolute Gasteiger partial charge is 0.393 e. The summed E-state index contributed by atoms with van der Waals surface area (Å²) in [7, 11) is 0. The van der Waals surface area contributed by atoms with Gasteiger partial charge in [0, 0.05) is 10.9 Å². The molecule has 142 valence electrons. The van der Waals surface area contributed by atoms with Gasteiger partial charge >= 0.3 is 0 Å². The van der Waals surface area contributed by atoms with E-state index in [1.807, 2.05) is 45.0 Å². The van der Waals surface area contributed by atoms with E-state index in [9.17, 15) is 9.90 Å². The number of ether oxygens (including phenoxy) is 1. The lowest BCUT2D eigenvalue weighted by atomic mass is 9.93. The molecule has 0 bridgehead atoms. The highest BCUT2D eigenvalue weighted by molar-refractivity contribution is 5.97. The summed E-state index contributed by atoms with van der Waals surface area (Å²) in [5.74, 6) is 0. The normalized spacial score (nSPS) is 13.1. The van der Waals surface area contributed by atoms with Gasteiger partial charge in [-0.05, 0) is 62.8 Å². The van der Waals surface area contributed by atoms with Crippen LogP contribution >= 0.6 is 0 Å². The fourth-order valence-electron chi connectivity index (χ4n) is 3.36. The van der Waals surface area contributed by atoms with Gasteiger partial charge in [0.1, 0.15) is 6.10 Å². The zero-order valence-corrected chi connectivity index (χ0v) is 16.6. The highest BCUT2D eigenvalue weighted by atomic mass is 16.5. The monoisotopic (exact) mass is 365 g/mol. The number of hydrogen-bond donors (Lipinski definition) is 2. The molecule has 0 aliphatic heterocycles. The number of rotatable bonds is 4. The third kappa shape index (κ3) is 3.97. The lowest BCUT2D eigenvalue weighted by Crippen LogP contribution is -2.27. The minimum absolute atomic E-state index is 0.177. The highest BCUT2D eigenvalue weighted by Crippen LogP contribution is 2.35. The van der Waals surface area contributed by atoms with Crippen LogP contribution in [0.3, 0.4) is 0 Å². The summed E-state index contributed by atoms with van der Waals surface area (Å²) in [6.45, 7) is 9.73. The number of pyridine rings is 1. The maximum absolute atomic E-state index is 12.7. The van der Waals surface area contributed by atoms with Gasteiger partial charge in [-0.1, -0.05) is 36.4 Å². The van der Waals surface area contributed by atoms with Gasteiger partial charge < -0.3 is 14.8 Å². The Balaban J connectivity index is 2.35. The lowest BCUT2D eigenvalue weighted by molar-refractivity contribution is -0.0837. The zero-order chi connectivity index (χ0) is 19.8. The Morgan fingerprint density at radius 2 is 1.70 bits per heavy atom. The Hall–Kier alpha value is -2.43. The van der Waals surface area contributed by atoms with Crippen LogP contribution in [0.2, 0.25) is 0 Å². The molecule has 1 atom stereocenters. The van der Waals surface area contributed by atoms with Crippen LogP contribution in [0.1, 0.15) is 43.7 Å². The minimum Gasteiger partial charge on any atom is -0.393 e. The maximum Gasteiger partial charge on any atom is 0.256 e. The number of benzene rings is 2. The van der Waals surface area contributed by atoms with Crippen molar-refractivity contribution in [2.24, 2.45) is 0 Å². The van der Waals surface area contributed by atoms with Gasteiger partial charge in [-0.3, -0.25) is 4.79 Å². The Morgan fingerprint density at radius 3 is 2.30 bits per heavy atom. The molecule has 0 radical (unpaired) electrons. The number of aliphatic hydroxyl groups is 1. The molecule has 0 fully saturated rings. The van der Waals surface area contributed by atoms with Gasteiger partial charge in [0.25, 0.3) is 5.56 Å². The van der Waals surface area contributed by atoms with Crippen molar-refractivity contribution >= 4 is 10.8 Å². The molecule has 0 saturated carbocycles. The van der Waals surface area contributed by atoms with E-state index in [0.717, 1.165) is 16.5 Å². The quantitative estimate of drug-likeness (QED) is 0.707. The Morgan fingerprint density at radius 1 is 1.04 bits per heavy atom. The lowest BCUT2D eigenvalue weighted by Gasteiger charge is -2.28. The van der Waals surface area contributed by atoms with Crippen LogP contribution in [0.5, 0.6) is 0 Å². The second-order valence-electron chi connectivity index (χ2n) is 7.99. The van der Waals surface area contributed by atoms with Crippen LogP contribution in [0.4, 0.5) is 0 Å². The van der Waals surface area contributed by atoms with Gasteiger partial charge in [-0.2, -0.15) is 0 Å². The first-order valence-corrected chi connectivity index (χ1v) is 9.22. The molecule has 0 aliphatic rings. The predicted molar refractivity (Wildman–Crippen MR) is 110 cm³/mol. The second kappa shape index (κ2) is 7.29. The summed E-state index contributed by atoms with van der Waals surface area (Å²) in [4.78, 5) is 15.7. The van der Waals surface area contributed by atoms with Gasteiger partial charge in [0.05, 0.1) is 17.9 Å². The Kier molecular flexibility index (Phi) is 5.22. The van der Waals surface area contributed by atoms with Crippen molar-refractivity contribution in [2.45, 2.75) is 46.3 Å². The summed E-state index contributed by atoms with van der Waals surface area (Å²) >= 11 is 0. The molecule has 0 spiro atoms. The van der Waals surface area contributed by atoms with E-state index in [0.29, 0.717) is 11.1 Å². The molecule has 3 rings (SSSR count). The van der Waals surface area contributed by atoms with Gasteiger partial charge in [0.2, 0.25) is 0 Å². The SMILES string of the molecule is Cc1ccc(-c2c([C@@H](CO)OC(C)(C)C)[nH]c(=O)c3ccccc23)cc1C. The number of hydrogen-bond acceptors (Lipinski definition) is 3. The van der Waals surface area contributed by atoms with Crippen LogP contribution in [0.15, 0.2) is 47.3 Å². The van der Waals surface area contributed by atoms with Gasteiger partial charge in [0.15, 0.2) is 0 Å². The average molecular weight is 365 g/mol. The molecule has 27 heavy (non-hydrogen) atoms. The van der Waals surface area contributed by atoms with E-state index in [4.69, 9.17) is 4.74 Å². The summed E-state index contributed by atoms with van der Waals surface area (Å²) < 4.78 is 6.07. The van der Waals surface area contributed by atoms with E-state index in [2.05, 4.69) is 37.0 Å². The smallest absolute Gasteiger partial charge is 0.256 e. The Bertz CT molecular complexity index is 1030. The number of nitrogens with one attached hydrogen (secondary N) is 1. The molecule has 0 aliphatic carbocycles. The molecule has 3 aromatic rings. The fourth-order valence-corrected chi connectivity index (χ4v) is 3.36. The molecule has 0 amide bonds. The van der Waals surface area contributed by atoms with E-state index in [-0.39, 0.29) is 12.2 Å². The highest BCUT2D eigenvalue weighted by Gasteiger charge is 2.25. The molecular weight excluding hydrogens is 338 g/mol. The van der Waals surface area contributed by atoms with Gasteiger partial charge in [-0.15, -0.1) is 0 Å². The zero-order valence-electron chi connectivity index (χ0n) is 16.6. The molecule has 2 N–H and O–H groups in total. The van der Waals surface area contributed by atoms with Crippen molar-refractivity contribution in [3.63, 3.8) is 0 Å². The molecule has 4 nitrogen and oxygen atoms in total. The third-order valence-corrected chi connectivity index (χ3v) is 4.74. The van der Waals surface area contributed by atoms with Crippen LogP contribution in [-0.2, 0) is 4.74 Å². The topological polar surface area (TPSA) is 62.3 Å². The maximum atomic E-state index is 12.7. The van der Waals surface area contributed by atoms with Crippen LogP contribution < -0.4 is 5.56 Å². The number of aromatic nitrogens is 1. The van der Waals surface area contributed by atoms with Crippen molar-refractivity contribution in [3.05, 3.63) is 69.6 Å². The molecule has 0 unspecified atom stereocenters. The molecule has 1 heterocycles. The van der Waals surface area contributed by atoms with Crippen molar-refractivity contribution in [1.29, 1.82) is 0 Å². The first kappa shape index (κ1) is 19.3. The summed E-state index contributed by atoms with van der Waals surface area (Å²) in [6, 6.07) is 13.8. The number of aryl methyl sites for hydroxylation is 2. The average Bonchev–Trinajstić information content (AvgIpc) is 2.61. The molecule has 1 aromatic heterocycles. The fraction of sp³-hybridized carbons (Fsp3) is 0.348. The van der Waals surface area contributed by atoms with Crippen molar-refractivity contribution < 1.29 is 9.84 Å². The van der Waals surface area contributed by atoms with Crippen molar-refractivity contribution in [2.75, 3.05) is 6.61 Å². The van der Waals surface area contributed by atoms with E-state index in [1.54, 1.807) is 0 Å². The van der Waals surface area contributed by atoms with Crippen LogP contribution in [0.25, 0.3) is 21.9 Å². The van der Waals surface area contributed by atoms with Gasteiger partial charge in [-0.25, -0.2) is 0 Å². The molecule has 2 aromatic carbocycles. The standard InChI is InChI=1S/C23H27NO3/c1-14-10-11-16(12-15(14)2)20-17-8-6-7-9-18(17)22(26)24-21(20)19(13-25)27-23(3,4)5/h6-12,19,25H,13H2,1-5H3,(H,24,26)/t19-/m1/s1. The summed E-state index contributed by atoms with van der Waals surface area (Å²) in [6.07, 6.45) is -0.626. The van der Waals surface area contributed by atoms with Crippen molar-refractivity contribution in [3.8, 4) is 11.1 Å². The first-order chi connectivity index (χ1) is 12.7. The second-order valence-corrected chi connectivity index (χ2v) is 7.99. The van der Waals surface area contributed by atoms with Crippen LogP contribution in [0, 0.1) is 13.8 Å². The van der Waals surface area contributed by atoms with Crippen LogP contribution in [-0.4, -0.2) is 22.3 Å². The van der Waals surface area contributed by atoms with E-state index >= 15 is 0 Å². The van der Waals surface area contributed by atoms with Crippen molar-refractivity contribution in [1.82, 2.24) is 4.98 Å².